The monoisotopic (exact) mass is 443 g/mol. The van der Waals surface area contributed by atoms with Crippen molar-refractivity contribution < 1.29 is 0 Å². The zero-order valence-corrected chi connectivity index (χ0v) is 20.3. The Morgan fingerprint density at radius 1 is 1.03 bits per heavy atom. The van der Waals surface area contributed by atoms with E-state index in [-0.39, 0.29) is 0 Å². The van der Waals surface area contributed by atoms with Crippen molar-refractivity contribution >= 4 is 33.9 Å². The summed E-state index contributed by atoms with van der Waals surface area (Å²) in [6.07, 6.45) is 3.92. The summed E-state index contributed by atoms with van der Waals surface area (Å²) in [5.74, 6) is 0.549. The van der Waals surface area contributed by atoms with Crippen molar-refractivity contribution in [1.29, 1.82) is 0 Å². The van der Waals surface area contributed by atoms with Gasteiger partial charge in [-0.25, -0.2) is 9.97 Å². The number of nitrogens with zero attached hydrogens (tertiary/aromatic N) is 5. The van der Waals surface area contributed by atoms with E-state index in [2.05, 4.69) is 97.2 Å². The van der Waals surface area contributed by atoms with E-state index in [0.29, 0.717) is 5.95 Å². The van der Waals surface area contributed by atoms with Gasteiger partial charge in [0.15, 0.2) is 0 Å². The maximum atomic E-state index is 6.41. The number of benzene rings is 2. The first-order valence-electron chi connectivity index (χ1n) is 11.2. The van der Waals surface area contributed by atoms with Crippen molar-refractivity contribution in [3.8, 4) is 11.3 Å². The number of hydrogen-bond donors (Lipinski definition) is 2. The molecule has 7 heteroatoms. The van der Waals surface area contributed by atoms with Crippen molar-refractivity contribution in [3.05, 3.63) is 59.9 Å². The lowest BCUT2D eigenvalue weighted by atomic mass is 10.1. The van der Waals surface area contributed by atoms with Crippen LogP contribution in [0.25, 0.3) is 22.2 Å². The van der Waals surface area contributed by atoms with Gasteiger partial charge in [0.1, 0.15) is 0 Å². The van der Waals surface area contributed by atoms with E-state index in [0.717, 1.165) is 47.0 Å². The third-order valence-corrected chi connectivity index (χ3v) is 6.05. The third-order valence-electron chi connectivity index (χ3n) is 6.05. The zero-order chi connectivity index (χ0) is 23.7. The average Bonchev–Trinajstić information content (AvgIpc) is 3.12. The number of nitrogens with one attached hydrogen (secondary N) is 1. The minimum absolute atomic E-state index is 0.549. The molecule has 0 aliphatic carbocycles. The molecule has 2 aromatic carbocycles. The Kier molecular flexibility index (Phi) is 6.24. The fourth-order valence-corrected chi connectivity index (χ4v) is 4.21. The molecule has 0 saturated carbocycles. The fourth-order valence-electron chi connectivity index (χ4n) is 4.21. The molecular weight excluding hydrogens is 410 g/mol. The summed E-state index contributed by atoms with van der Waals surface area (Å²) in [5.41, 5.74) is 14.6. The predicted octanol–water partition coefficient (Wildman–Crippen LogP) is 4.58. The number of likely N-dealkylation sites (N-methyl/N-ethyl adjacent to an activating group) is 2. The van der Waals surface area contributed by atoms with Crippen LogP contribution < -0.4 is 16.0 Å². The van der Waals surface area contributed by atoms with E-state index < -0.39 is 0 Å². The van der Waals surface area contributed by atoms with Gasteiger partial charge in [-0.1, -0.05) is 18.2 Å². The largest absolute Gasteiger partial charge is 0.397 e. The summed E-state index contributed by atoms with van der Waals surface area (Å²) in [7, 11) is 8.29. The zero-order valence-electron chi connectivity index (χ0n) is 20.3. The van der Waals surface area contributed by atoms with Gasteiger partial charge in [0.25, 0.3) is 0 Å². The number of para-hydroxylation sites is 1. The summed E-state index contributed by atoms with van der Waals surface area (Å²) in [4.78, 5) is 13.6. The van der Waals surface area contributed by atoms with Gasteiger partial charge in [-0.15, -0.1) is 0 Å². The van der Waals surface area contributed by atoms with Gasteiger partial charge < -0.3 is 25.4 Å². The number of rotatable bonds is 7. The molecule has 0 atom stereocenters. The highest BCUT2D eigenvalue weighted by atomic mass is 15.2. The van der Waals surface area contributed by atoms with Crippen molar-refractivity contribution in [2.75, 3.05) is 50.2 Å². The molecule has 0 bridgehead atoms. The van der Waals surface area contributed by atoms with Crippen molar-refractivity contribution in [2.24, 2.45) is 7.05 Å². The molecule has 172 valence electrons. The molecule has 7 nitrogen and oxygen atoms in total. The van der Waals surface area contributed by atoms with E-state index in [4.69, 9.17) is 10.7 Å². The molecule has 0 spiro atoms. The van der Waals surface area contributed by atoms with Gasteiger partial charge in [0.05, 0.1) is 22.6 Å². The summed E-state index contributed by atoms with van der Waals surface area (Å²) >= 11 is 0. The van der Waals surface area contributed by atoms with Crippen LogP contribution in [-0.4, -0.2) is 53.7 Å². The number of aromatic nitrogens is 3. The first kappa shape index (κ1) is 22.6. The van der Waals surface area contributed by atoms with Gasteiger partial charge >= 0.3 is 0 Å². The summed E-state index contributed by atoms with van der Waals surface area (Å²) in [6.45, 7) is 6.07. The van der Waals surface area contributed by atoms with Crippen LogP contribution in [0, 0.1) is 13.8 Å². The first-order valence-corrected chi connectivity index (χ1v) is 11.2. The molecule has 0 fully saturated rings. The Hall–Kier alpha value is -3.58. The SMILES string of the molecule is Cc1cc(N(C)CCN(C)C)c(N)cc1Nc1nccc(-c2cn(C)c3c(C)cccc23)n1. The second kappa shape index (κ2) is 9.11. The van der Waals surface area contributed by atoms with Gasteiger partial charge in [0.2, 0.25) is 5.95 Å². The number of nitrogen functional groups attached to an aromatic ring is 1. The van der Waals surface area contributed by atoms with Gasteiger partial charge in [-0.05, 0) is 57.3 Å². The second-order valence-electron chi connectivity index (χ2n) is 8.97. The van der Waals surface area contributed by atoms with Crippen molar-refractivity contribution in [3.63, 3.8) is 0 Å². The molecule has 0 radical (unpaired) electrons. The van der Waals surface area contributed by atoms with Crippen molar-refractivity contribution in [2.45, 2.75) is 13.8 Å². The van der Waals surface area contributed by atoms with Crippen LogP contribution in [0.2, 0.25) is 0 Å². The second-order valence-corrected chi connectivity index (χ2v) is 8.97. The number of fused-ring (bicyclic) bond motifs is 1. The van der Waals surface area contributed by atoms with Crippen LogP contribution in [0.15, 0.2) is 48.8 Å². The van der Waals surface area contributed by atoms with Crippen LogP contribution in [-0.2, 0) is 7.05 Å². The standard InChI is InChI=1S/C26H33N7/c1-17-8-7-9-19-20(16-33(6)25(17)19)22-10-11-28-26(29-22)30-23-15-21(27)24(14-18(23)2)32(5)13-12-31(3)4/h7-11,14-16H,12-13,27H2,1-6H3,(H,28,29,30). The normalized spacial score (nSPS) is 11.4. The summed E-state index contributed by atoms with van der Waals surface area (Å²) < 4.78 is 2.16. The highest BCUT2D eigenvalue weighted by Crippen LogP contribution is 2.33. The molecule has 0 saturated heterocycles. The molecule has 0 aliphatic rings. The lowest BCUT2D eigenvalue weighted by Gasteiger charge is -2.24. The minimum Gasteiger partial charge on any atom is -0.397 e. The fraction of sp³-hybridized carbons (Fsp3) is 0.308. The van der Waals surface area contributed by atoms with E-state index in [1.807, 2.05) is 12.1 Å². The van der Waals surface area contributed by atoms with E-state index in [1.165, 1.54) is 16.5 Å². The number of hydrogen-bond acceptors (Lipinski definition) is 6. The Balaban J connectivity index is 1.62. The molecule has 4 aromatic rings. The molecule has 2 aromatic heterocycles. The smallest absolute Gasteiger partial charge is 0.227 e. The minimum atomic E-state index is 0.549. The van der Waals surface area contributed by atoms with Crippen LogP contribution in [0.5, 0.6) is 0 Å². The Morgan fingerprint density at radius 2 is 1.82 bits per heavy atom. The lowest BCUT2D eigenvalue weighted by Crippen LogP contribution is -2.29. The quantitative estimate of drug-likeness (QED) is 0.407. The highest BCUT2D eigenvalue weighted by Gasteiger charge is 2.14. The Morgan fingerprint density at radius 3 is 2.58 bits per heavy atom. The van der Waals surface area contributed by atoms with Crippen LogP contribution >= 0.6 is 0 Å². The molecular formula is C26H33N7. The summed E-state index contributed by atoms with van der Waals surface area (Å²) in [5, 5.41) is 4.56. The van der Waals surface area contributed by atoms with Gasteiger partial charge in [-0.3, -0.25) is 0 Å². The molecule has 0 aliphatic heterocycles. The van der Waals surface area contributed by atoms with Gasteiger partial charge in [-0.2, -0.15) is 0 Å². The maximum Gasteiger partial charge on any atom is 0.227 e. The lowest BCUT2D eigenvalue weighted by molar-refractivity contribution is 0.416. The average molecular weight is 444 g/mol. The molecule has 0 amide bonds. The maximum absolute atomic E-state index is 6.41. The molecule has 2 heterocycles. The van der Waals surface area contributed by atoms with E-state index >= 15 is 0 Å². The van der Waals surface area contributed by atoms with Crippen molar-refractivity contribution in [1.82, 2.24) is 19.4 Å². The van der Waals surface area contributed by atoms with Crippen LogP contribution in [0.1, 0.15) is 11.1 Å². The first-order chi connectivity index (χ1) is 15.7. The third kappa shape index (κ3) is 4.64. The topological polar surface area (TPSA) is 75.2 Å². The number of nitrogens with two attached hydrogens (primary N) is 1. The highest BCUT2D eigenvalue weighted by molar-refractivity contribution is 5.96. The molecule has 4 rings (SSSR count). The number of aryl methyl sites for hydroxylation is 3. The predicted molar refractivity (Wildman–Crippen MR) is 139 cm³/mol. The summed E-state index contributed by atoms with van der Waals surface area (Å²) in [6, 6.07) is 12.4. The van der Waals surface area contributed by atoms with Gasteiger partial charge in [0, 0.05) is 56.2 Å². The molecule has 0 unspecified atom stereocenters. The van der Waals surface area contributed by atoms with E-state index in [1.54, 1.807) is 6.20 Å². The Labute approximate surface area is 195 Å². The Bertz CT molecular complexity index is 1290. The molecule has 3 N–H and O–H groups in total. The van der Waals surface area contributed by atoms with Crippen LogP contribution in [0.4, 0.5) is 23.0 Å². The number of anilines is 4. The van der Waals surface area contributed by atoms with E-state index in [9.17, 15) is 0 Å². The molecule has 33 heavy (non-hydrogen) atoms. The van der Waals surface area contributed by atoms with Crippen LogP contribution in [0.3, 0.4) is 0 Å².